The van der Waals surface area contributed by atoms with Crippen LogP contribution in [0.2, 0.25) is 0 Å². The number of halogens is 6. The molecule has 35 heavy (non-hydrogen) atoms. The number of amides is 1. The predicted molar refractivity (Wildman–Crippen MR) is 108 cm³/mol. The maximum absolute atomic E-state index is 13.3. The van der Waals surface area contributed by atoms with Gasteiger partial charge in [-0.1, -0.05) is 5.16 Å². The Morgan fingerprint density at radius 2 is 1.91 bits per heavy atom. The molecule has 1 aliphatic heterocycles. The highest BCUT2D eigenvalue weighted by molar-refractivity contribution is 7.90. The van der Waals surface area contributed by atoms with E-state index in [-0.39, 0.29) is 35.2 Å². The third-order valence-electron chi connectivity index (χ3n) is 6.46. The molecule has 1 aromatic heterocycles. The molecule has 3 atom stereocenters. The lowest BCUT2D eigenvalue weighted by Crippen LogP contribution is -2.35. The standard InChI is InChI=1S/C21H20F6N2O5S/c1-10-16(28-34-17(10)21(25,26)27)19-7-12(19)8-29(9-19)18(30)14-6-13(35(3,31)32)4-5-15(14)33-11(2)20(22,23)24/h4-6,11-12H,7-9H2,1-3H3/t11-,12?,19?/m0/s1. The summed E-state index contributed by atoms with van der Waals surface area (Å²) >= 11 is 0. The number of hydrogen-bond acceptors (Lipinski definition) is 6. The van der Waals surface area contributed by atoms with Crippen molar-refractivity contribution in [2.24, 2.45) is 5.92 Å². The van der Waals surface area contributed by atoms with Crippen molar-refractivity contribution < 1.29 is 48.8 Å². The van der Waals surface area contributed by atoms with Crippen LogP contribution in [0.5, 0.6) is 5.75 Å². The minimum atomic E-state index is -4.74. The zero-order chi connectivity index (χ0) is 26.1. The number of sulfone groups is 1. The number of alkyl halides is 6. The zero-order valence-corrected chi connectivity index (χ0v) is 19.4. The fraction of sp³-hybridized carbons (Fsp3) is 0.524. The van der Waals surface area contributed by atoms with Crippen molar-refractivity contribution in [3.63, 3.8) is 0 Å². The second-order valence-electron chi connectivity index (χ2n) is 8.96. The van der Waals surface area contributed by atoms with Crippen LogP contribution in [0.3, 0.4) is 0 Å². The van der Waals surface area contributed by atoms with Gasteiger partial charge in [0.25, 0.3) is 5.91 Å². The minimum Gasteiger partial charge on any atom is -0.480 e. The first-order valence-electron chi connectivity index (χ1n) is 10.4. The van der Waals surface area contributed by atoms with Crippen LogP contribution in [0, 0.1) is 12.8 Å². The maximum atomic E-state index is 13.3. The smallest absolute Gasteiger partial charge is 0.452 e. The molecule has 1 aromatic carbocycles. The minimum absolute atomic E-state index is 0.0570. The van der Waals surface area contributed by atoms with E-state index < -0.39 is 56.7 Å². The number of fused-ring (bicyclic) bond motifs is 1. The van der Waals surface area contributed by atoms with Gasteiger partial charge in [0, 0.05) is 30.3 Å². The van der Waals surface area contributed by atoms with Crippen molar-refractivity contribution >= 4 is 15.7 Å². The first-order valence-corrected chi connectivity index (χ1v) is 12.2. The molecule has 1 aliphatic carbocycles. The topological polar surface area (TPSA) is 89.7 Å². The number of benzene rings is 1. The molecular weight excluding hydrogens is 506 g/mol. The number of aromatic nitrogens is 1. The van der Waals surface area contributed by atoms with Gasteiger partial charge in [0.05, 0.1) is 16.2 Å². The predicted octanol–water partition coefficient (Wildman–Crippen LogP) is 4.15. The molecule has 1 saturated heterocycles. The third kappa shape index (κ3) is 4.47. The van der Waals surface area contributed by atoms with E-state index >= 15 is 0 Å². The number of carbonyl (C=O) groups is 1. The Morgan fingerprint density at radius 3 is 2.46 bits per heavy atom. The molecule has 0 bridgehead atoms. The van der Waals surface area contributed by atoms with Gasteiger partial charge in [-0.2, -0.15) is 26.3 Å². The summed E-state index contributed by atoms with van der Waals surface area (Å²) in [4.78, 5) is 14.3. The summed E-state index contributed by atoms with van der Waals surface area (Å²) in [5.74, 6) is -2.72. The number of rotatable bonds is 5. The summed E-state index contributed by atoms with van der Waals surface area (Å²) < 4.78 is 112. The van der Waals surface area contributed by atoms with E-state index in [0.717, 1.165) is 31.4 Å². The van der Waals surface area contributed by atoms with Gasteiger partial charge in [0.1, 0.15) is 5.75 Å². The molecule has 0 spiro atoms. The fourth-order valence-electron chi connectivity index (χ4n) is 4.51. The second-order valence-corrected chi connectivity index (χ2v) is 11.0. The molecule has 4 rings (SSSR count). The lowest BCUT2D eigenvalue weighted by atomic mass is 9.97. The van der Waals surface area contributed by atoms with Gasteiger partial charge in [-0.25, -0.2) is 8.42 Å². The van der Waals surface area contributed by atoms with Crippen LogP contribution in [-0.4, -0.2) is 56.0 Å². The molecular formula is C21H20F6N2O5S. The molecule has 1 amide bonds. The van der Waals surface area contributed by atoms with Crippen molar-refractivity contribution in [2.75, 3.05) is 19.3 Å². The zero-order valence-electron chi connectivity index (χ0n) is 18.6. The van der Waals surface area contributed by atoms with E-state index in [2.05, 4.69) is 9.68 Å². The SMILES string of the molecule is Cc1c(C23CC2CN(C(=O)c2cc(S(C)(=O)=O)ccc2O[C@@H](C)C(F)(F)F)C3)noc1C(F)(F)F. The quantitative estimate of drug-likeness (QED) is 0.544. The number of nitrogens with zero attached hydrogens (tertiary/aromatic N) is 2. The summed E-state index contributed by atoms with van der Waals surface area (Å²) in [6.07, 6.45) is -10.4. The van der Waals surface area contributed by atoms with Crippen molar-refractivity contribution in [2.45, 2.75) is 49.0 Å². The Morgan fingerprint density at radius 1 is 1.26 bits per heavy atom. The highest BCUT2D eigenvalue weighted by Crippen LogP contribution is 2.60. The van der Waals surface area contributed by atoms with Crippen LogP contribution in [-0.2, 0) is 21.4 Å². The normalized spacial score (nSPS) is 23.2. The van der Waals surface area contributed by atoms with Crippen LogP contribution in [0.4, 0.5) is 26.3 Å². The fourth-order valence-corrected chi connectivity index (χ4v) is 5.15. The average molecular weight is 526 g/mol. The number of carbonyl (C=O) groups excluding carboxylic acids is 1. The Labute approximate surface area is 195 Å². The van der Waals surface area contributed by atoms with Gasteiger partial charge in [-0.15, -0.1) is 0 Å². The van der Waals surface area contributed by atoms with E-state index in [0.29, 0.717) is 6.42 Å². The molecule has 0 N–H and O–H groups in total. The van der Waals surface area contributed by atoms with Gasteiger partial charge < -0.3 is 14.2 Å². The van der Waals surface area contributed by atoms with Crippen LogP contribution in [0.15, 0.2) is 27.6 Å². The number of hydrogen-bond donors (Lipinski definition) is 0. The molecule has 2 heterocycles. The van der Waals surface area contributed by atoms with E-state index in [4.69, 9.17) is 4.74 Å². The third-order valence-corrected chi connectivity index (χ3v) is 7.57. The molecule has 192 valence electrons. The van der Waals surface area contributed by atoms with E-state index in [1.807, 2.05) is 0 Å². The van der Waals surface area contributed by atoms with Crippen LogP contribution in [0.1, 0.15) is 40.7 Å². The summed E-state index contributed by atoms with van der Waals surface area (Å²) in [7, 11) is -3.81. The van der Waals surface area contributed by atoms with Crippen LogP contribution >= 0.6 is 0 Å². The van der Waals surface area contributed by atoms with Crippen molar-refractivity contribution in [3.05, 3.63) is 40.8 Å². The number of likely N-dealkylation sites (tertiary alicyclic amines) is 1. The second kappa shape index (κ2) is 7.87. The number of piperidine rings is 1. The Hall–Kier alpha value is -2.77. The molecule has 2 aliphatic rings. The van der Waals surface area contributed by atoms with E-state index in [1.165, 1.54) is 11.8 Å². The average Bonchev–Trinajstić information content (AvgIpc) is 3.05. The summed E-state index contributed by atoms with van der Waals surface area (Å²) in [5, 5.41) is 3.61. The van der Waals surface area contributed by atoms with Gasteiger partial charge in [-0.3, -0.25) is 4.79 Å². The Bertz CT molecular complexity index is 1290. The summed E-state index contributed by atoms with van der Waals surface area (Å²) in [6.45, 7) is 2.01. The van der Waals surface area contributed by atoms with Crippen molar-refractivity contribution in [3.8, 4) is 5.75 Å². The highest BCUT2D eigenvalue weighted by Gasteiger charge is 2.64. The monoisotopic (exact) mass is 526 g/mol. The molecule has 2 unspecified atom stereocenters. The van der Waals surface area contributed by atoms with Crippen molar-refractivity contribution in [1.29, 1.82) is 0 Å². The molecule has 0 radical (unpaired) electrons. The molecule has 1 saturated carbocycles. The number of ether oxygens (including phenoxy) is 1. The molecule has 2 aromatic rings. The summed E-state index contributed by atoms with van der Waals surface area (Å²) in [6, 6.07) is 2.95. The van der Waals surface area contributed by atoms with Crippen LogP contribution in [0.25, 0.3) is 0 Å². The van der Waals surface area contributed by atoms with Gasteiger partial charge >= 0.3 is 12.4 Å². The Kier molecular flexibility index (Phi) is 5.69. The highest BCUT2D eigenvalue weighted by atomic mass is 32.2. The molecule has 7 nitrogen and oxygen atoms in total. The van der Waals surface area contributed by atoms with Gasteiger partial charge in [0.2, 0.25) is 5.76 Å². The van der Waals surface area contributed by atoms with Gasteiger partial charge in [-0.05, 0) is 44.4 Å². The van der Waals surface area contributed by atoms with E-state index in [1.54, 1.807) is 0 Å². The van der Waals surface area contributed by atoms with E-state index in [9.17, 15) is 39.6 Å². The molecule has 14 heteroatoms. The largest absolute Gasteiger partial charge is 0.480 e. The lowest BCUT2D eigenvalue weighted by molar-refractivity contribution is -0.189. The lowest BCUT2D eigenvalue weighted by Gasteiger charge is -2.24. The first kappa shape index (κ1) is 25.3. The molecule has 2 fully saturated rings. The van der Waals surface area contributed by atoms with Crippen molar-refractivity contribution in [1.82, 2.24) is 10.1 Å². The first-order chi connectivity index (χ1) is 15.9. The Balaban J connectivity index is 1.66. The maximum Gasteiger partial charge on any atom is 0.452 e. The summed E-state index contributed by atoms with van der Waals surface area (Å²) in [5.41, 5.74) is -1.37. The van der Waals surface area contributed by atoms with Crippen LogP contribution < -0.4 is 4.74 Å². The van der Waals surface area contributed by atoms with Gasteiger partial charge in [0.15, 0.2) is 15.9 Å².